The Kier molecular flexibility index (Phi) is 6.84. The van der Waals surface area contributed by atoms with Gasteiger partial charge < -0.3 is 15.2 Å². The van der Waals surface area contributed by atoms with Crippen LogP contribution in [0.25, 0.3) is 0 Å². The number of ether oxygens (including phenoxy) is 1. The molecule has 1 rings (SSSR count). The molecule has 1 aromatic rings. The summed E-state index contributed by atoms with van der Waals surface area (Å²) in [4.78, 5) is 11.9. The maximum Gasteiger partial charge on any atom is 0.341 e. The molecule has 0 fully saturated rings. The molecule has 0 bridgehead atoms. The van der Waals surface area contributed by atoms with Gasteiger partial charge in [0.15, 0.2) is 0 Å². The second-order valence-corrected chi connectivity index (χ2v) is 5.32. The van der Waals surface area contributed by atoms with E-state index in [1.54, 1.807) is 18.7 Å². The molecule has 0 radical (unpaired) electrons. The Bertz CT molecular complexity index is 445. The molecule has 0 saturated carbocycles. The van der Waals surface area contributed by atoms with Crippen molar-refractivity contribution in [2.24, 2.45) is 12.5 Å². The Balaban J connectivity index is 2.71. The molecule has 0 spiro atoms. The Labute approximate surface area is 126 Å². The van der Waals surface area contributed by atoms with E-state index < -0.39 is 0 Å². The van der Waals surface area contributed by atoms with Gasteiger partial charge in [-0.3, -0.25) is 4.68 Å². The first-order valence-electron chi connectivity index (χ1n) is 7.53. The fourth-order valence-corrected chi connectivity index (χ4v) is 2.28. The topological polar surface area (TPSA) is 76.4 Å². The SMILES string of the molecule is CCOC(=O)c1cnn(C)c1CNCC(CC)(CC)CO. The van der Waals surface area contributed by atoms with E-state index in [-0.39, 0.29) is 18.0 Å². The van der Waals surface area contributed by atoms with E-state index in [9.17, 15) is 9.90 Å². The van der Waals surface area contributed by atoms with Crippen molar-refractivity contribution < 1.29 is 14.6 Å². The fraction of sp³-hybridized carbons (Fsp3) is 0.733. The molecule has 21 heavy (non-hydrogen) atoms. The van der Waals surface area contributed by atoms with E-state index in [0.717, 1.165) is 18.5 Å². The number of aromatic nitrogens is 2. The molecule has 0 aliphatic rings. The van der Waals surface area contributed by atoms with E-state index in [2.05, 4.69) is 24.3 Å². The number of hydrogen-bond donors (Lipinski definition) is 2. The number of esters is 1. The highest BCUT2D eigenvalue weighted by Crippen LogP contribution is 2.24. The van der Waals surface area contributed by atoms with Crippen molar-refractivity contribution in [1.82, 2.24) is 15.1 Å². The Morgan fingerprint density at radius 2 is 2.10 bits per heavy atom. The molecule has 120 valence electrons. The molecular formula is C15H27N3O3. The lowest BCUT2D eigenvalue weighted by Gasteiger charge is -2.29. The van der Waals surface area contributed by atoms with E-state index in [1.165, 1.54) is 6.20 Å². The maximum absolute atomic E-state index is 11.9. The lowest BCUT2D eigenvalue weighted by atomic mass is 9.83. The smallest absolute Gasteiger partial charge is 0.341 e. The third-order valence-electron chi connectivity index (χ3n) is 4.18. The number of nitrogens with one attached hydrogen (secondary N) is 1. The molecule has 0 aliphatic carbocycles. The first-order valence-corrected chi connectivity index (χ1v) is 7.53. The van der Waals surface area contributed by atoms with Gasteiger partial charge in [0, 0.05) is 32.2 Å². The average molecular weight is 297 g/mol. The summed E-state index contributed by atoms with van der Waals surface area (Å²) in [5, 5.41) is 17.0. The molecule has 6 heteroatoms. The summed E-state index contributed by atoms with van der Waals surface area (Å²) < 4.78 is 6.71. The minimum atomic E-state index is -0.346. The molecular weight excluding hydrogens is 270 g/mol. The molecule has 1 heterocycles. The summed E-state index contributed by atoms with van der Waals surface area (Å²) >= 11 is 0. The van der Waals surface area contributed by atoms with Gasteiger partial charge in [-0.2, -0.15) is 5.10 Å². The molecule has 0 atom stereocenters. The van der Waals surface area contributed by atoms with Crippen LogP contribution in [0.1, 0.15) is 49.7 Å². The van der Waals surface area contributed by atoms with Gasteiger partial charge in [0.2, 0.25) is 0 Å². The highest BCUT2D eigenvalue weighted by Gasteiger charge is 2.25. The van der Waals surface area contributed by atoms with Crippen LogP contribution in [0.5, 0.6) is 0 Å². The van der Waals surface area contributed by atoms with Crippen LogP contribution in [0, 0.1) is 5.41 Å². The number of hydrogen-bond acceptors (Lipinski definition) is 5. The Morgan fingerprint density at radius 3 is 2.62 bits per heavy atom. The third-order valence-corrected chi connectivity index (χ3v) is 4.18. The van der Waals surface area contributed by atoms with Gasteiger partial charge in [-0.25, -0.2) is 4.79 Å². The van der Waals surface area contributed by atoms with Crippen LogP contribution in [-0.4, -0.2) is 40.6 Å². The fourth-order valence-electron chi connectivity index (χ4n) is 2.28. The minimum absolute atomic E-state index is 0.108. The van der Waals surface area contributed by atoms with Crippen LogP contribution in [0.4, 0.5) is 0 Å². The molecule has 0 aromatic carbocycles. The number of aliphatic hydroxyl groups excluding tert-OH is 1. The highest BCUT2D eigenvalue weighted by molar-refractivity contribution is 5.90. The standard InChI is InChI=1S/C15H27N3O3/c1-5-15(6-2,11-19)10-16-9-13-12(8-17-18(13)4)14(20)21-7-3/h8,16,19H,5-7,9-11H2,1-4H3. The van der Waals surface area contributed by atoms with E-state index in [4.69, 9.17) is 4.74 Å². The van der Waals surface area contributed by atoms with E-state index in [1.807, 2.05) is 0 Å². The largest absolute Gasteiger partial charge is 0.462 e. The minimum Gasteiger partial charge on any atom is -0.462 e. The number of carbonyl (C=O) groups excluding carboxylic acids is 1. The Hall–Kier alpha value is -1.40. The number of rotatable bonds is 9. The van der Waals surface area contributed by atoms with Crippen LogP contribution in [0.3, 0.4) is 0 Å². The summed E-state index contributed by atoms with van der Waals surface area (Å²) in [7, 11) is 1.80. The van der Waals surface area contributed by atoms with Gasteiger partial charge >= 0.3 is 5.97 Å². The average Bonchev–Trinajstić information content (AvgIpc) is 2.86. The molecule has 0 unspecified atom stereocenters. The zero-order valence-electron chi connectivity index (χ0n) is 13.5. The van der Waals surface area contributed by atoms with Crippen molar-refractivity contribution in [3.63, 3.8) is 0 Å². The van der Waals surface area contributed by atoms with Crippen molar-refractivity contribution >= 4 is 5.97 Å². The second kappa shape index (κ2) is 8.14. The quantitative estimate of drug-likeness (QED) is 0.675. The van der Waals surface area contributed by atoms with Crippen molar-refractivity contribution in [1.29, 1.82) is 0 Å². The van der Waals surface area contributed by atoms with Crippen molar-refractivity contribution in [3.05, 3.63) is 17.5 Å². The predicted molar refractivity (Wildman–Crippen MR) is 81.0 cm³/mol. The van der Waals surface area contributed by atoms with Crippen LogP contribution in [-0.2, 0) is 18.3 Å². The molecule has 0 saturated heterocycles. The van der Waals surface area contributed by atoms with Crippen LogP contribution >= 0.6 is 0 Å². The van der Waals surface area contributed by atoms with E-state index in [0.29, 0.717) is 25.3 Å². The molecule has 0 amide bonds. The molecule has 2 N–H and O–H groups in total. The van der Waals surface area contributed by atoms with Gasteiger partial charge in [0.25, 0.3) is 0 Å². The lowest BCUT2D eigenvalue weighted by Crippen LogP contribution is -2.36. The molecule has 1 aromatic heterocycles. The van der Waals surface area contributed by atoms with Crippen LogP contribution in [0.2, 0.25) is 0 Å². The lowest BCUT2D eigenvalue weighted by molar-refractivity contribution is 0.0524. The number of aliphatic hydroxyl groups is 1. The summed E-state index contributed by atoms with van der Waals surface area (Å²) in [5.74, 6) is -0.346. The van der Waals surface area contributed by atoms with Gasteiger partial charge in [0.1, 0.15) is 5.56 Å². The molecule has 0 aliphatic heterocycles. The summed E-state index contributed by atoms with van der Waals surface area (Å²) in [5.41, 5.74) is 1.19. The van der Waals surface area contributed by atoms with Gasteiger partial charge in [0.05, 0.1) is 18.5 Å². The van der Waals surface area contributed by atoms with Gasteiger partial charge in [-0.15, -0.1) is 0 Å². The van der Waals surface area contributed by atoms with Crippen molar-refractivity contribution in [3.8, 4) is 0 Å². The van der Waals surface area contributed by atoms with E-state index >= 15 is 0 Å². The summed E-state index contributed by atoms with van der Waals surface area (Å²) in [6.07, 6.45) is 3.35. The zero-order valence-corrected chi connectivity index (χ0v) is 13.5. The highest BCUT2D eigenvalue weighted by atomic mass is 16.5. The predicted octanol–water partition coefficient (Wildman–Crippen LogP) is 1.49. The maximum atomic E-state index is 11.9. The first-order chi connectivity index (χ1) is 10.0. The number of aryl methyl sites for hydroxylation is 1. The summed E-state index contributed by atoms with van der Waals surface area (Å²) in [6.45, 7) is 7.66. The van der Waals surface area contributed by atoms with Crippen LogP contribution in [0.15, 0.2) is 6.20 Å². The number of nitrogens with zero attached hydrogens (tertiary/aromatic N) is 2. The summed E-state index contributed by atoms with van der Waals surface area (Å²) in [6, 6.07) is 0. The monoisotopic (exact) mass is 297 g/mol. The van der Waals surface area contributed by atoms with Crippen LogP contribution < -0.4 is 5.32 Å². The second-order valence-electron chi connectivity index (χ2n) is 5.32. The van der Waals surface area contributed by atoms with Crippen molar-refractivity contribution in [2.75, 3.05) is 19.8 Å². The third kappa shape index (κ3) is 4.28. The van der Waals surface area contributed by atoms with Gasteiger partial charge in [-0.1, -0.05) is 13.8 Å². The zero-order chi connectivity index (χ0) is 15.9. The van der Waals surface area contributed by atoms with Crippen molar-refractivity contribution in [2.45, 2.75) is 40.2 Å². The Morgan fingerprint density at radius 1 is 1.43 bits per heavy atom. The normalized spacial score (nSPS) is 11.7. The molecule has 6 nitrogen and oxygen atoms in total. The number of carbonyl (C=O) groups is 1. The first kappa shape index (κ1) is 17.7. The van der Waals surface area contributed by atoms with Gasteiger partial charge in [-0.05, 0) is 19.8 Å².